The topological polar surface area (TPSA) is 59.1 Å². The van der Waals surface area contributed by atoms with Gasteiger partial charge in [0.05, 0.1) is 10.6 Å². The van der Waals surface area contributed by atoms with Gasteiger partial charge in [-0.25, -0.2) is 13.4 Å². The van der Waals surface area contributed by atoms with Gasteiger partial charge in [0.1, 0.15) is 5.01 Å². The first-order chi connectivity index (χ1) is 15.1. The summed E-state index contributed by atoms with van der Waals surface area (Å²) in [6.07, 6.45) is 0. The summed E-state index contributed by atoms with van der Waals surface area (Å²) in [6, 6.07) is 30.1. The highest BCUT2D eigenvalue weighted by molar-refractivity contribution is 7.92. The monoisotopic (exact) mass is 442 g/mol. The van der Waals surface area contributed by atoms with Gasteiger partial charge in [0.25, 0.3) is 10.0 Å². The Morgan fingerprint density at radius 3 is 2.29 bits per heavy atom. The van der Waals surface area contributed by atoms with Crippen LogP contribution < -0.4 is 4.72 Å². The normalized spacial score (nSPS) is 11.5. The molecule has 0 unspecified atom stereocenters. The summed E-state index contributed by atoms with van der Waals surface area (Å²) in [6.45, 7) is 0. The fourth-order valence-electron chi connectivity index (χ4n) is 3.41. The van der Waals surface area contributed by atoms with Gasteiger partial charge in [-0.15, -0.1) is 11.3 Å². The predicted octanol–water partition coefficient (Wildman–Crippen LogP) is 6.43. The second kappa shape index (κ2) is 7.98. The average molecular weight is 443 g/mol. The van der Waals surface area contributed by atoms with Crippen molar-refractivity contribution in [3.63, 3.8) is 0 Å². The van der Waals surface area contributed by atoms with Crippen LogP contribution in [-0.4, -0.2) is 13.4 Å². The van der Waals surface area contributed by atoms with E-state index in [0.29, 0.717) is 5.69 Å². The van der Waals surface area contributed by atoms with Crippen molar-refractivity contribution in [3.05, 3.63) is 102 Å². The van der Waals surface area contributed by atoms with E-state index in [0.717, 1.165) is 32.6 Å². The van der Waals surface area contributed by atoms with Crippen molar-refractivity contribution in [2.24, 2.45) is 0 Å². The van der Waals surface area contributed by atoms with Crippen molar-refractivity contribution >= 4 is 37.8 Å². The van der Waals surface area contributed by atoms with Crippen LogP contribution in [0.25, 0.3) is 32.6 Å². The zero-order chi connectivity index (χ0) is 21.3. The summed E-state index contributed by atoms with van der Waals surface area (Å²) in [7, 11) is -3.71. The van der Waals surface area contributed by atoms with Crippen LogP contribution in [0.3, 0.4) is 0 Å². The van der Waals surface area contributed by atoms with E-state index in [2.05, 4.69) is 4.72 Å². The second-order valence-electron chi connectivity index (χ2n) is 7.10. The van der Waals surface area contributed by atoms with Crippen molar-refractivity contribution in [1.29, 1.82) is 0 Å². The van der Waals surface area contributed by atoms with Gasteiger partial charge in [-0.2, -0.15) is 0 Å². The minimum Gasteiger partial charge on any atom is -0.280 e. The Kier molecular flexibility index (Phi) is 5.02. The summed E-state index contributed by atoms with van der Waals surface area (Å²) >= 11 is 1.56. The van der Waals surface area contributed by atoms with Crippen molar-refractivity contribution in [2.45, 2.75) is 4.90 Å². The molecule has 0 fully saturated rings. The van der Waals surface area contributed by atoms with Gasteiger partial charge in [0, 0.05) is 22.2 Å². The molecule has 5 aromatic rings. The lowest BCUT2D eigenvalue weighted by Crippen LogP contribution is -2.12. The van der Waals surface area contributed by atoms with Crippen molar-refractivity contribution < 1.29 is 8.42 Å². The molecule has 0 aliphatic rings. The number of aromatic nitrogens is 1. The number of hydrogen-bond donors (Lipinski definition) is 1. The summed E-state index contributed by atoms with van der Waals surface area (Å²) in [5, 5.41) is 4.80. The molecule has 31 heavy (non-hydrogen) atoms. The maximum Gasteiger partial charge on any atom is 0.261 e. The Hall–Kier alpha value is -3.48. The number of rotatable bonds is 5. The van der Waals surface area contributed by atoms with Gasteiger partial charge in [-0.1, -0.05) is 72.8 Å². The maximum atomic E-state index is 13.0. The van der Waals surface area contributed by atoms with Gasteiger partial charge in [0.15, 0.2) is 0 Å². The zero-order valence-electron chi connectivity index (χ0n) is 16.4. The van der Waals surface area contributed by atoms with Gasteiger partial charge in [-0.3, -0.25) is 4.72 Å². The van der Waals surface area contributed by atoms with Crippen LogP contribution in [-0.2, 0) is 10.0 Å². The van der Waals surface area contributed by atoms with Crippen LogP contribution in [0.1, 0.15) is 0 Å². The lowest BCUT2D eigenvalue weighted by atomic mass is 10.1. The first kappa shape index (κ1) is 19.5. The van der Waals surface area contributed by atoms with Gasteiger partial charge in [0.2, 0.25) is 0 Å². The molecule has 0 radical (unpaired) electrons. The molecule has 0 atom stereocenters. The van der Waals surface area contributed by atoms with Crippen molar-refractivity contribution in [2.75, 3.05) is 4.72 Å². The van der Waals surface area contributed by atoms with E-state index in [4.69, 9.17) is 4.98 Å². The Morgan fingerprint density at radius 1 is 0.710 bits per heavy atom. The lowest BCUT2D eigenvalue weighted by Gasteiger charge is -2.10. The van der Waals surface area contributed by atoms with Crippen LogP contribution in [0, 0.1) is 0 Å². The van der Waals surface area contributed by atoms with Gasteiger partial charge in [-0.05, 0) is 35.0 Å². The molecule has 1 heterocycles. The quantitative estimate of drug-likeness (QED) is 0.341. The molecule has 0 bridgehead atoms. The van der Waals surface area contributed by atoms with Crippen LogP contribution in [0.5, 0.6) is 0 Å². The number of fused-ring (bicyclic) bond motifs is 1. The maximum absolute atomic E-state index is 13.0. The van der Waals surface area contributed by atoms with Crippen molar-refractivity contribution in [1.82, 2.24) is 4.98 Å². The molecule has 0 saturated heterocycles. The fraction of sp³-hybridized carbons (Fsp3) is 0. The van der Waals surface area contributed by atoms with Crippen LogP contribution in [0.15, 0.2) is 107 Å². The van der Waals surface area contributed by atoms with Crippen LogP contribution in [0.4, 0.5) is 5.69 Å². The fourth-order valence-corrected chi connectivity index (χ4v) is 5.33. The SMILES string of the molecule is O=S(=O)(Nc1cccc(-c2csc(-c3ccccc3)n2)c1)c1ccc2ccccc2c1. The van der Waals surface area contributed by atoms with E-state index in [9.17, 15) is 8.42 Å². The highest BCUT2D eigenvalue weighted by Crippen LogP contribution is 2.30. The van der Waals surface area contributed by atoms with Crippen LogP contribution >= 0.6 is 11.3 Å². The molecule has 0 saturated carbocycles. The summed E-state index contributed by atoms with van der Waals surface area (Å²) < 4.78 is 28.6. The Morgan fingerprint density at radius 2 is 1.45 bits per heavy atom. The van der Waals surface area contributed by atoms with Gasteiger partial charge >= 0.3 is 0 Å². The summed E-state index contributed by atoms with van der Waals surface area (Å²) in [5.41, 5.74) is 3.24. The molecule has 1 N–H and O–H groups in total. The smallest absolute Gasteiger partial charge is 0.261 e. The molecule has 4 aromatic carbocycles. The first-order valence-corrected chi connectivity index (χ1v) is 12.1. The molecule has 0 aliphatic carbocycles. The number of nitrogens with one attached hydrogen (secondary N) is 1. The molecule has 5 rings (SSSR count). The molecule has 4 nitrogen and oxygen atoms in total. The predicted molar refractivity (Wildman–Crippen MR) is 128 cm³/mol. The van der Waals surface area contributed by atoms with E-state index in [1.165, 1.54) is 0 Å². The Bertz CT molecular complexity index is 1480. The number of sulfonamides is 1. The standard InChI is InChI=1S/C25H18N2O2S2/c28-31(29,23-14-13-18-7-4-5-10-20(18)16-23)27-22-12-6-11-21(15-22)24-17-30-25(26-24)19-8-2-1-3-9-19/h1-17,27H. The number of nitrogens with zero attached hydrogens (tertiary/aromatic N) is 1. The third-order valence-corrected chi connectivity index (χ3v) is 7.24. The van der Waals surface area contributed by atoms with Crippen LogP contribution in [0.2, 0.25) is 0 Å². The highest BCUT2D eigenvalue weighted by atomic mass is 32.2. The molecule has 152 valence electrons. The Balaban J connectivity index is 1.43. The molecule has 0 aliphatic heterocycles. The van der Waals surface area contributed by atoms with E-state index in [1.807, 2.05) is 84.2 Å². The summed E-state index contributed by atoms with van der Waals surface area (Å²) in [5.74, 6) is 0. The molecule has 0 amide bonds. The zero-order valence-corrected chi connectivity index (χ0v) is 18.0. The number of thiazole rings is 1. The second-order valence-corrected chi connectivity index (χ2v) is 9.64. The average Bonchev–Trinajstić information content (AvgIpc) is 3.30. The van der Waals surface area contributed by atoms with E-state index in [-0.39, 0.29) is 4.90 Å². The molecule has 1 aromatic heterocycles. The van der Waals surface area contributed by atoms with Gasteiger partial charge < -0.3 is 0 Å². The first-order valence-electron chi connectivity index (χ1n) is 9.71. The molecule has 0 spiro atoms. The van der Waals surface area contributed by atoms with E-state index in [1.54, 1.807) is 29.5 Å². The van der Waals surface area contributed by atoms with E-state index >= 15 is 0 Å². The number of anilines is 1. The minimum atomic E-state index is -3.71. The number of benzene rings is 4. The highest BCUT2D eigenvalue weighted by Gasteiger charge is 2.15. The molecule has 6 heteroatoms. The minimum absolute atomic E-state index is 0.233. The van der Waals surface area contributed by atoms with Crippen molar-refractivity contribution in [3.8, 4) is 21.8 Å². The molecular weight excluding hydrogens is 424 g/mol. The molecular formula is C25H18N2O2S2. The lowest BCUT2D eigenvalue weighted by molar-refractivity contribution is 0.601. The summed E-state index contributed by atoms with van der Waals surface area (Å²) in [4.78, 5) is 4.95. The Labute approximate surface area is 184 Å². The largest absolute Gasteiger partial charge is 0.280 e. The number of hydrogen-bond acceptors (Lipinski definition) is 4. The third kappa shape index (κ3) is 4.08. The van der Waals surface area contributed by atoms with E-state index < -0.39 is 10.0 Å². The third-order valence-electron chi connectivity index (χ3n) is 4.97.